The van der Waals surface area contributed by atoms with Gasteiger partial charge in [-0.2, -0.15) is 0 Å². The molecule has 0 unspecified atom stereocenters. The van der Waals surface area contributed by atoms with E-state index < -0.39 is 0 Å². The van der Waals surface area contributed by atoms with E-state index in [4.69, 9.17) is 4.74 Å². The molecule has 3 heterocycles. The largest absolute Gasteiger partial charge is 0.378 e. The molecule has 4 saturated carbocycles. The van der Waals surface area contributed by atoms with E-state index in [-0.39, 0.29) is 17.4 Å². The highest BCUT2D eigenvalue weighted by Crippen LogP contribution is 2.60. The normalized spacial score (nSPS) is 35.5. The third kappa shape index (κ3) is 3.47. The lowest BCUT2D eigenvalue weighted by atomic mass is 9.49. The molecule has 2 saturated heterocycles. The summed E-state index contributed by atoms with van der Waals surface area (Å²) in [5.41, 5.74) is 0.362. The number of morpholine rings is 1. The monoisotopic (exact) mass is 427 g/mol. The van der Waals surface area contributed by atoms with Gasteiger partial charge in [-0.25, -0.2) is 4.68 Å². The fraction of sp³-hybridized carbons (Fsp3) is 0.826. The summed E-state index contributed by atoms with van der Waals surface area (Å²) in [6, 6.07) is 0.208. The van der Waals surface area contributed by atoms with Gasteiger partial charge in [0.1, 0.15) is 0 Å². The van der Waals surface area contributed by atoms with Crippen molar-refractivity contribution < 1.29 is 14.3 Å². The molecule has 31 heavy (non-hydrogen) atoms. The zero-order chi connectivity index (χ0) is 21.0. The Balaban J connectivity index is 1.08. The lowest BCUT2D eigenvalue weighted by Gasteiger charge is -2.57. The minimum absolute atomic E-state index is 0.0490. The number of rotatable bonds is 3. The van der Waals surface area contributed by atoms with E-state index in [1.165, 1.54) is 19.3 Å². The number of hydrogen-bond donors (Lipinski definition) is 0. The predicted molar refractivity (Wildman–Crippen MR) is 112 cm³/mol. The molecule has 4 aliphatic carbocycles. The summed E-state index contributed by atoms with van der Waals surface area (Å²) < 4.78 is 7.17. The smallest absolute Gasteiger partial charge is 0.276 e. The van der Waals surface area contributed by atoms with E-state index in [1.807, 2.05) is 4.68 Å². The average Bonchev–Trinajstić information content (AvgIpc) is 3.28. The average molecular weight is 428 g/mol. The molecule has 6 aliphatic rings. The molecule has 7 rings (SSSR count). The van der Waals surface area contributed by atoms with Crippen LogP contribution in [0.15, 0.2) is 6.20 Å². The van der Waals surface area contributed by atoms with Gasteiger partial charge >= 0.3 is 0 Å². The van der Waals surface area contributed by atoms with Crippen molar-refractivity contribution in [3.63, 3.8) is 0 Å². The Hall–Kier alpha value is -1.96. The summed E-state index contributed by atoms with van der Waals surface area (Å²) in [6.07, 6.45) is 11.1. The molecular weight excluding hydrogens is 394 g/mol. The number of carbonyl (C=O) groups excluding carboxylic acids is 2. The van der Waals surface area contributed by atoms with Gasteiger partial charge in [-0.05, 0) is 69.1 Å². The zero-order valence-corrected chi connectivity index (χ0v) is 18.2. The topological polar surface area (TPSA) is 80.6 Å². The van der Waals surface area contributed by atoms with Crippen LogP contribution in [0.3, 0.4) is 0 Å². The molecule has 4 bridgehead atoms. The number of carbonyl (C=O) groups is 2. The summed E-state index contributed by atoms with van der Waals surface area (Å²) >= 11 is 0. The highest BCUT2D eigenvalue weighted by atomic mass is 16.5. The molecule has 6 fully saturated rings. The van der Waals surface area contributed by atoms with Crippen LogP contribution in [0.2, 0.25) is 0 Å². The minimum Gasteiger partial charge on any atom is -0.378 e. The van der Waals surface area contributed by atoms with Crippen LogP contribution in [0, 0.1) is 23.2 Å². The van der Waals surface area contributed by atoms with Gasteiger partial charge in [0, 0.05) is 26.2 Å². The van der Waals surface area contributed by atoms with Gasteiger partial charge in [-0.15, -0.1) is 5.10 Å². The van der Waals surface area contributed by atoms with E-state index in [0.717, 1.165) is 62.9 Å². The van der Waals surface area contributed by atoms with Crippen LogP contribution in [0.4, 0.5) is 0 Å². The molecular formula is C23H33N5O3. The molecule has 1 aromatic heterocycles. The van der Waals surface area contributed by atoms with Gasteiger partial charge in [0.25, 0.3) is 5.91 Å². The number of nitrogens with zero attached hydrogens (tertiary/aromatic N) is 5. The maximum absolute atomic E-state index is 13.6. The maximum atomic E-state index is 13.6. The first-order valence-corrected chi connectivity index (χ1v) is 12.2. The van der Waals surface area contributed by atoms with Gasteiger partial charge in [0.2, 0.25) is 5.91 Å². The fourth-order valence-corrected chi connectivity index (χ4v) is 7.52. The first kappa shape index (κ1) is 19.7. The Morgan fingerprint density at radius 1 is 0.903 bits per heavy atom. The van der Waals surface area contributed by atoms with Crippen molar-refractivity contribution in [2.75, 3.05) is 39.4 Å². The Kier molecular flexibility index (Phi) is 4.81. The van der Waals surface area contributed by atoms with Crippen molar-refractivity contribution >= 4 is 11.8 Å². The van der Waals surface area contributed by atoms with Crippen LogP contribution in [0.25, 0.3) is 0 Å². The van der Waals surface area contributed by atoms with E-state index in [0.29, 0.717) is 37.9 Å². The van der Waals surface area contributed by atoms with Crippen LogP contribution in [-0.2, 0) is 9.53 Å². The van der Waals surface area contributed by atoms with Gasteiger partial charge in [0.15, 0.2) is 5.69 Å². The number of hydrogen-bond acceptors (Lipinski definition) is 5. The Bertz CT molecular complexity index is 818. The highest BCUT2D eigenvalue weighted by Gasteiger charge is 2.55. The van der Waals surface area contributed by atoms with Crippen molar-refractivity contribution in [1.29, 1.82) is 0 Å². The highest BCUT2D eigenvalue weighted by molar-refractivity contribution is 5.92. The van der Waals surface area contributed by atoms with Gasteiger partial charge in [0.05, 0.1) is 30.9 Å². The number of aromatic nitrogens is 3. The number of likely N-dealkylation sites (tertiary alicyclic amines) is 1. The van der Waals surface area contributed by atoms with Crippen LogP contribution in [0.5, 0.6) is 0 Å². The minimum atomic E-state index is -0.0658. The molecule has 8 heteroatoms. The Morgan fingerprint density at radius 3 is 2.13 bits per heavy atom. The Morgan fingerprint density at radius 2 is 1.52 bits per heavy atom. The summed E-state index contributed by atoms with van der Waals surface area (Å²) in [4.78, 5) is 30.2. The van der Waals surface area contributed by atoms with Crippen LogP contribution < -0.4 is 0 Å². The first-order chi connectivity index (χ1) is 15.1. The SMILES string of the molecule is O=C(c1cn(C2CCN(C(=O)C34CC5CC(CC(C5)C3)C4)CC2)nn1)N1CCOCC1. The lowest BCUT2D eigenvalue weighted by molar-refractivity contribution is -0.159. The number of piperidine rings is 1. The summed E-state index contributed by atoms with van der Waals surface area (Å²) in [6.45, 7) is 3.95. The molecule has 1 aromatic rings. The van der Waals surface area contributed by atoms with Crippen molar-refractivity contribution in [3.05, 3.63) is 11.9 Å². The number of ether oxygens (including phenoxy) is 1. The van der Waals surface area contributed by atoms with Crippen LogP contribution >= 0.6 is 0 Å². The molecule has 168 valence electrons. The van der Waals surface area contributed by atoms with Crippen LogP contribution in [0.1, 0.15) is 67.9 Å². The standard InChI is InChI=1S/C23H33N5O3/c29-21(26-5-7-31-8-6-26)20-15-28(25-24-20)19-1-3-27(4-2-19)22(30)23-12-16-9-17(13-23)11-18(10-16)14-23/h15-19H,1-14H2. The van der Waals surface area contributed by atoms with Gasteiger partial charge in [-0.3, -0.25) is 9.59 Å². The van der Waals surface area contributed by atoms with E-state index in [2.05, 4.69) is 15.2 Å². The van der Waals surface area contributed by atoms with Crippen molar-refractivity contribution in [2.24, 2.45) is 23.2 Å². The maximum Gasteiger partial charge on any atom is 0.276 e. The molecule has 0 atom stereocenters. The van der Waals surface area contributed by atoms with Crippen LogP contribution in [-0.4, -0.2) is 76.0 Å². The molecule has 0 spiro atoms. The number of amides is 2. The lowest BCUT2D eigenvalue weighted by Crippen LogP contribution is -2.55. The van der Waals surface area contributed by atoms with E-state index in [1.54, 1.807) is 11.1 Å². The van der Waals surface area contributed by atoms with E-state index in [9.17, 15) is 9.59 Å². The second-order valence-electron chi connectivity index (χ2n) is 10.7. The Labute approximate surface area is 183 Å². The zero-order valence-electron chi connectivity index (χ0n) is 18.2. The molecule has 0 N–H and O–H groups in total. The third-order valence-corrected chi connectivity index (χ3v) is 8.65. The predicted octanol–water partition coefficient (Wildman–Crippen LogP) is 2.13. The fourth-order valence-electron chi connectivity index (χ4n) is 7.52. The molecule has 2 aliphatic heterocycles. The summed E-state index contributed by atoms with van der Waals surface area (Å²) in [7, 11) is 0. The first-order valence-electron chi connectivity index (χ1n) is 12.2. The summed E-state index contributed by atoms with van der Waals surface area (Å²) in [5, 5.41) is 8.41. The molecule has 2 amide bonds. The molecule has 0 aromatic carbocycles. The quantitative estimate of drug-likeness (QED) is 0.738. The third-order valence-electron chi connectivity index (χ3n) is 8.65. The van der Waals surface area contributed by atoms with Crippen molar-refractivity contribution in [2.45, 2.75) is 57.4 Å². The van der Waals surface area contributed by atoms with Crippen molar-refractivity contribution in [1.82, 2.24) is 24.8 Å². The summed E-state index contributed by atoms with van der Waals surface area (Å²) in [5.74, 6) is 2.76. The van der Waals surface area contributed by atoms with Gasteiger partial charge in [-0.1, -0.05) is 5.21 Å². The second-order valence-corrected chi connectivity index (χ2v) is 10.7. The van der Waals surface area contributed by atoms with Gasteiger partial charge < -0.3 is 14.5 Å². The van der Waals surface area contributed by atoms with E-state index >= 15 is 0 Å². The molecule has 8 nitrogen and oxygen atoms in total. The molecule has 0 radical (unpaired) electrons. The second kappa shape index (κ2) is 7.57. The van der Waals surface area contributed by atoms with Crippen molar-refractivity contribution in [3.8, 4) is 0 Å².